The number of hydrogen-bond donors (Lipinski definition) is 2. The van der Waals surface area contributed by atoms with Crippen LogP contribution in [0, 0.1) is 0 Å². The van der Waals surface area contributed by atoms with Crippen LogP contribution in [0.4, 0.5) is 10.5 Å². The molecular weight excluding hydrogens is 312 g/mol. The van der Waals surface area contributed by atoms with Gasteiger partial charge in [0.15, 0.2) is 0 Å². The minimum Gasteiger partial charge on any atom is -0.462 e. The zero-order chi connectivity index (χ0) is 18.2. The molecule has 0 unspecified atom stereocenters. The molecule has 0 aliphatic rings. The Balaban J connectivity index is 2.44. The summed E-state index contributed by atoms with van der Waals surface area (Å²) in [5.41, 5.74) is 0.268. The van der Waals surface area contributed by atoms with Gasteiger partial charge >= 0.3 is 12.1 Å². The lowest BCUT2D eigenvalue weighted by molar-refractivity contribution is -0.116. The summed E-state index contributed by atoms with van der Waals surface area (Å²) in [6.45, 7) is 7.44. The minimum absolute atomic E-state index is 0.0862. The molecule has 0 aliphatic carbocycles. The Morgan fingerprint density at radius 3 is 2.50 bits per heavy atom. The molecule has 0 saturated carbocycles. The lowest BCUT2D eigenvalue weighted by Gasteiger charge is -2.19. The van der Waals surface area contributed by atoms with Gasteiger partial charge in [-0.2, -0.15) is 0 Å². The van der Waals surface area contributed by atoms with Crippen molar-refractivity contribution in [1.29, 1.82) is 0 Å². The molecule has 0 bridgehead atoms. The molecule has 0 fully saturated rings. The molecule has 0 atom stereocenters. The second kappa shape index (κ2) is 8.90. The molecule has 7 nitrogen and oxygen atoms in total. The molecule has 0 radical (unpaired) electrons. The van der Waals surface area contributed by atoms with Crippen LogP contribution in [0.3, 0.4) is 0 Å². The first-order chi connectivity index (χ1) is 11.2. The summed E-state index contributed by atoms with van der Waals surface area (Å²) >= 11 is 0. The molecule has 0 spiro atoms. The van der Waals surface area contributed by atoms with Gasteiger partial charge in [0.2, 0.25) is 5.91 Å². The molecule has 24 heavy (non-hydrogen) atoms. The molecular formula is C17H24N2O5. The van der Waals surface area contributed by atoms with E-state index in [-0.39, 0.29) is 25.5 Å². The summed E-state index contributed by atoms with van der Waals surface area (Å²) < 4.78 is 9.98. The van der Waals surface area contributed by atoms with Gasteiger partial charge in [0, 0.05) is 18.7 Å². The molecule has 0 aromatic heterocycles. The minimum atomic E-state index is -0.583. The molecule has 0 heterocycles. The maximum atomic E-state index is 11.9. The van der Waals surface area contributed by atoms with E-state index in [2.05, 4.69) is 10.6 Å². The van der Waals surface area contributed by atoms with Crippen molar-refractivity contribution in [3.63, 3.8) is 0 Å². The van der Waals surface area contributed by atoms with Gasteiger partial charge < -0.3 is 20.1 Å². The summed E-state index contributed by atoms with van der Waals surface area (Å²) in [5.74, 6) is -0.729. The van der Waals surface area contributed by atoms with Crippen molar-refractivity contribution in [3.05, 3.63) is 29.8 Å². The van der Waals surface area contributed by atoms with Crippen molar-refractivity contribution < 1.29 is 23.9 Å². The highest BCUT2D eigenvalue weighted by molar-refractivity contribution is 5.94. The van der Waals surface area contributed by atoms with Gasteiger partial charge in [0.05, 0.1) is 12.2 Å². The highest BCUT2D eigenvalue weighted by Gasteiger charge is 2.16. The largest absolute Gasteiger partial charge is 0.462 e. The molecule has 7 heteroatoms. The average molecular weight is 336 g/mol. The zero-order valence-electron chi connectivity index (χ0n) is 14.5. The summed E-state index contributed by atoms with van der Waals surface area (Å²) in [4.78, 5) is 35.0. The fourth-order valence-corrected chi connectivity index (χ4v) is 1.75. The number of carbonyl (C=O) groups excluding carboxylic acids is 3. The van der Waals surface area contributed by atoms with Crippen LogP contribution < -0.4 is 10.6 Å². The molecule has 1 aromatic carbocycles. The van der Waals surface area contributed by atoms with Crippen LogP contribution in [0.25, 0.3) is 0 Å². The summed E-state index contributed by atoms with van der Waals surface area (Å²) in [6.07, 6.45) is -0.484. The van der Waals surface area contributed by atoms with Gasteiger partial charge in [0.25, 0.3) is 0 Å². The summed E-state index contributed by atoms with van der Waals surface area (Å²) in [7, 11) is 0. The van der Waals surface area contributed by atoms with Crippen molar-refractivity contribution in [2.24, 2.45) is 0 Å². The van der Waals surface area contributed by atoms with Gasteiger partial charge in [-0.15, -0.1) is 0 Å². The predicted molar refractivity (Wildman–Crippen MR) is 89.9 cm³/mol. The smallest absolute Gasteiger partial charge is 0.407 e. The SMILES string of the molecule is CCOC(=O)c1cccc(NC(=O)CCNC(=O)OC(C)(C)C)c1. The second-order valence-electron chi connectivity index (χ2n) is 6.03. The van der Waals surface area contributed by atoms with Crippen molar-refractivity contribution in [1.82, 2.24) is 5.32 Å². The van der Waals surface area contributed by atoms with Crippen LogP contribution in [-0.4, -0.2) is 36.7 Å². The van der Waals surface area contributed by atoms with E-state index in [1.54, 1.807) is 45.9 Å². The van der Waals surface area contributed by atoms with Gasteiger partial charge in [-0.1, -0.05) is 6.07 Å². The first-order valence-electron chi connectivity index (χ1n) is 7.75. The molecule has 132 valence electrons. The third-order valence-corrected chi connectivity index (χ3v) is 2.68. The van der Waals surface area contributed by atoms with E-state index in [1.165, 1.54) is 6.07 Å². The normalized spacial score (nSPS) is 10.7. The van der Waals surface area contributed by atoms with Crippen LogP contribution in [0.5, 0.6) is 0 Å². The zero-order valence-corrected chi connectivity index (χ0v) is 14.5. The predicted octanol–water partition coefficient (Wildman–Crippen LogP) is 2.72. The van der Waals surface area contributed by atoms with E-state index < -0.39 is 17.7 Å². The van der Waals surface area contributed by atoms with E-state index in [0.29, 0.717) is 11.3 Å². The number of carbonyl (C=O) groups is 3. The van der Waals surface area contributed by atoms with Crippen LogP contribution in [0.1, 0.15) is 44.5 Å². The van der Waals surface area contributed by atoms with E-state index in [9.17, 15) is 14.4 Å². The maximum absolute atomic E-state index is 11.9. The summed E-state index contributed by atoms with van der Waals surface area (Å²) in [6, 6.07) is 6.47. The van der Waals surface area contributed by atoms with E-state index in [0.717, 1.165) is 0 Å². The highest BCUT2D eigenvalue weighted by atomic mass is 16.6. The van der Waals surface area contributed by atoms with Crippen LogP contribution in [0.2, 0.25) is 0 Å². The van der Waals surface area contributed by atoms with Gasteiger partial charge in [-0.3, -0.25) is 4.79 Å². The van der Waals surface area contributed by atoms with Gasteiger partial charge in [0.1, 0.15) is 5.60 Å². The Bertz CT molecular complexity index is 593. The first kappa shape index (κ1) is 19.5. The molecule has 0 saturated heterocycles. The van der Waals surface area contributed by atoms with Crippen molar-refractivity contribution in [2.75, 3.05) is 18.5 Å². The molecule has 1 aromatic rings. The fourth-order valence-electron chi connectivity index (χ4n) is 1.75. The Labute approximate surface area is 141 Å². The standard InChI is InChI=1S/C17H24N2O5/c1-5-23-15(21)12-7-6-8-13(11-12)19-14(20)9-10-18-16(22)24-17(2,3)4/h6-8,11H,5,9-10H2,1-4H3,(H,18,22)(H,19,20). The Kier molecular flexibility index (Phi) is 7.23. The number of alkyl carbamates (subject to hydrolysis) is 1. The molecule has 2 N–H and O–H groups in total. The number of hydrogen-bond acceptors (Lipinski definition) is 5. The topological polar surface area (TPSA) is 93.7 Å². The number of amides is 2. The fraction of sp³-hybridized carbons (Fsp3) is 0.471. The van der Waals surface area contributed by atoms with E-state index >= 15 is 0 Å². The van der Waals surface area contributed by atoms with Crippen molar-refractivity contribution in [2.45, 2.75) is 39.7 Å². The maximum Gasteiger partial charge on any atom is 0.407 e. The van der Waals surface area contributed by atoms with Crippen LogP contribution in [-0.2, 0) is 14.3 Å². The number of benzene rings is 1. The Morgan fingerprint density at radius 1 is 1.17 bits per heavy atom. The lowest BCUT2D eigenvalue weighted by atomic mass is 10.2. The average Bonchev–Trinajstić information content (AvgIpc) is 2.45. The number of ether oxygens (including phenoxy) is 2. The number of esters is 1. The number of nitrogens with one attached hydrogen (secondary N) is 2. The number of anilines is 1. The van der Waals surface area contributed by atoms with Crippen LogP contribution in [0.15, 0.2) is 24.3 Å². The molecule has 2 amide bonds. The first-order valence-corrected chi connectivity index (χ1v) is 7.75. The molecule has 1 rings (SSSR count). The Hall–Kier alpha value is -2.57. The molecule has 0 aliphatic heterocycles. The Morgan fingerprint density at radius 2 is 1.88 bits per heavy atom. The summed E-state index contributed by atoms with van der Waals surface area (Å²) in [5, 5.41) is 5.17. The highest BCUT2D eigenvalue weighted by Crippen LogP contribution is 2.12. The van der Waals surface area contributed by atoms with E-state index in [1.807, 2.05) is 0 Å². The second-order valence-corrected chi connectivity index (χ2v) is 6.03. The third kappa shape index (κ3) is 7.62. The quantitative estimate of drug-likeness (QED) is 0.779. The number of rotatable bonds is 6. The van der Waals surface area contributed by atoms with E-state index in [4.69, 9.17) is 9.47 Å². The lowest BCUT2D eigenvalue weighted by Crippen LogP contribution is -2.34. The van der Waals surface area contributed by atoms with Crippen LogP contribution >= 0.6 is 0 Å². The van der Waals surface area contributed by atoms with Gasteiger partial charge in [-0.25, -0.2) is 9.59 Å². The van der Waals surface area contributed by atoms with Gasteiger partial charge in [-0.05, 0) is 45.9 Å². The third-order valence-electron chi connectivity index (χ3n) is 2.68. The van der Waals surface area contributed by atoms with Crippen molar-refractivity contribution in [3.8, 4) is 0 Å². The monoisotopic (exact) mass is 336 g/mol. The van der Waals surface area contributed by atoms with Crippen molar-refractivity contribution >= 4 is 23.7 Å².